The number of amides is 2. The molecule has 0 spiro atoms. The van der Waals surface area contributed by atoms with Gasteiger partial charge in [-0.3, -0.25) is 9.63 Å². The predicted molar refractivity (Wildman–Crippen MR) is 153 cm³/mol. The number of alkyl halides is 3. The van der Waals surface area contributed by atoms with Crippen LogP contribution in [-0.4, -0.2) is 54.6 Å². The Hall–Kier alpha value is -3.64. The van der Waals surface area contributed by atoms with Gasteiger partial charge in [0.05, 0.1) is 6.54 Å². The Kier molecular flexibility index (Phi) is 8.98. The third-order valence-corrected chi connectivity index (χ3v) is 7.78. The van der Waals surface area contributed by atoms with Gasteiger partial charge < -0.3 is 15.0 Å². The van der Waals surface area contributed by atoms with Crippen LogP contribution in [0, 0.1) is 0 Å². The molecule has 13 heteroatoms. The van der Waals surface area contributed by atoms with Crippen molar-refractivity contribution in [2.75, 3.05) is 19.6 Å². The second kappa shape index (κ2) is 12.5. The number of carbonyl (C=O) groups excluding carboxylic acids is 3. The molecule has 0 saturated carbocycles. The molecule has 2 aliphatic rings. The van der Waals surface area contributed by atoms with Crippen molar-refractivity contribution in [1.29, 1.82) is 0 Å². The van der Waals surface area contributed by atoms with Crippen LogP contribution in [0.3, 0.4) is 0 Å². The lowest BCUT2D eigenvalue weighted by atomic mass is 10.1. The zero-order valence-corrected chi connectivity index (χ0v) is 24.2. The smallest absolute Gasteiger partial charge is 0.490 e. The second-order valence-electron chi connectivity index (χ2n) is 10.3. The van der Waals surface area contributed by atoms with Gasteiger partial charge in [-0.2, -0.15) is 13.2 Å². The lowest BCUT2D eigenvalue weighted by Gasteiger charge is -2.32. The van der Waals surface area contributed by atoms with Gasteiger partial charge in [0.15, 0.2) is 12.2 Å². The van der Waals surface area contributed by atoms with E-state index < -0.39 is 41.7 Å². The van der Waals surface area contributed by atoms with Crippen molar-refractivity contribution in [2.45, 2.75) is 38.2 Å². The Morgan fingerprint density at radius 3 is 2.23 bits per heavy atom. The van der Waals surface area contributed by atoms with E-state index in [9.17, 15) is 27.6 Å². The third kappa shape index (κ3) is 6.96. The molecule has 0 aromatic heterocycles. The largest absolute Gasteiger partial charge is 0.497 e. The Morgan fingerprint density at radius 1 is 0.930 bits per heavy atom. The standard InChI is InChI=1S/C30H27Cl2F3N3O5/c31-22-6-3-20(4-7-22)28(40)37-16-21-5-8-23(32)15-26(21)38(27(39)17-37,43-29(41)30(33,34)35)18-19-1-9-24(10-2-19)42-25-11-13-36-14-12-25/h1-10,15,25,36H,11-14,16-18H2/q+1. The number of carbonyl (C=O) groups is 3. The van der Waals surface area contributed by atoms with Crippen LogP contribution in [0.15, 0.2) is 66.7 Å². The average Bonchev–Trinajstić information content (AvgIpc) is 3.08. The molecule has 0 aliphatic carbocycles. The first-order valence-electron chi connectivity index (χ1n) is 13.5. The Bertz CT molecular complexity index is 1510. The summed E-state index contributed by atoms with van der Waals surface area (Å²) in [5, 5.41) is 3.74. The van der Waals surface area contributed by atoms with E-state index in [2.05, 4.69) is 5.32 Å². The highest BCUT2D eigenvalue weighted by Gasteiger charge is 2.55. The molecule has 3 aromatic carbocycles. The number of hydroxylamine groups is 2. The molecule has 226 valence electrons. The Morgan fingerprint density at radius 2 is 1.58 bits per heavy atom. The topological polar surface area (TPSA) is 84.9 Å². The van der Waals surface area contributed by atoms with Gasteiger partial charge in [0, 0.05) is 32.8 Å². The minimum atomic E-state index is -5.40. The van der Waals surface area contributed by atoms with Gasteiger partial charge in [-0.1, -0.05) is 23.2 Å². The summed E-state index contributed by atoms with van der Waals surface area (Å²) in [6, 6.07) is 16.7. The van der Waals surface area contributed by atoms with Gasteiger partial charge in [0.25, 0.3) is 5.91 Å². The van der Waals surface area contributed by atoms with Crippen LogP contribution in [0.4, 0.5) is 18.9 Å². The summed E-state index contributed by atoms with van der Waals surface area (Å²) >= 11 is 12.2. The fraction of sp³-hybridized carbons (Fsp3) is 0.300. The van der Waals surface area contributed by atoms with Gasteiger partial charge >= 0.3 is 18.1 Å². The fourth-order valence-corrected chi connectivity index (χ4v) is 5.43. The van der Waals surface area contributed by atoms with Crippen molar-refractivity contribution >= 4 is 46.7 Å². The predicted octanol–water partition coefficient (Wildman–Crippen LogP) is 5.83. The van der Waals surface area contributed by atoms with E-state index in [0.29, 0.717) is 16.3 Å². The van der Waals surface area contributed by atoms with E-state index in [1.54, 1.807) is 24.3 Å². The summed E-state index contributed by atoms with van der Waals surface area (Å²) in [4.78, 5) is 46.1. The maximum absolute atomic E-state index is 14.0. The summed E-state index contributed by atoms with van der Waals surface area (Å²) in [5.41, 5.74) is 0.781. The van der Waals surface area contributed by atoms with E-state index in [1.165, 1.54) is 47.4 Å². The number of rotatable bonds is 6. The summed E-state index contributed by atoms with van der Waals surface area (Å²) in [6.45, 7) is 0.344. The van der Waals surface area contributed by atoms with Crippen molar-refractivity contribution in [3.63, 3.8) is 0 Å². The number of nitrogens with one attached hydrogen (secondary N) is 1. The molecule has 3 aromatic rings. The zero-order valence-electron chi connectivity index (χ0n) is 22.7. The van der Waals surface area contributed by atoms with Crippen molar-refractivity contribution in [1.82, 2.24) is 14.9 Å². The van der Waals surface area contributed by atoms with Crippen LogP contribution in [0.25, 0.3) is 0 Å². The molecule has 1 atom stereocenters. The molecule has 0 bridgehead atoms. The van der Waals surface area contributed by atoms with E-state index in [1.807, 2.05) is 0 Å². The number of nitrogens with zero attached hydrogens (tertiary/aromatic N) is 2. The van der Waals surface area contributed by atoms with Gasteiger partial charge in [-0.05, 0) is 91.2 Å². The Balaban J connectivity index is 1.54. The second-order valence-corrected chi connectivity index (χ2v) is 11.2. The Labute approximate surface area is 255 Å². The maximum atomic E-state index is 14.0. The van der Waals surface area contributed by atoms with Crippen LogP contribution in [-0.2, 0) is 27.5 Å². The SMILES string of the molecule is O=C(c1ccc(Cl)cc1)N1CC(=O)[N+](Cc2ccc(OC3CCNCC3)cc2)(OC(=O)C(F)(F)F)c2cc(Cl)ccc2C1. The molecule has 1 unspecified atom stereocenters. The molecule has 1 fully saturated rings. The minimum Gasteiger partial charge on any atom is -0.490 e. The van der Waals surface area contributed by atoms with E-state index in [-0.39, 0.29) is 34.5 Å². The third-order valence-electron chi connectivity index (χ3n) is 7.29. The van der Waals surface area contributed by atoms with Gasteiger partial charge in [0.2, 0.25) is 0 Å². The number of halogens is 5. The molecule has 2 heterocycles. The van der Waals surface area contributed by atoms with Crippen LogP contribution < -0.4 is 14.7 Å². The molecule has 43 heavy (non-hydrogen) atoms. The van der Waals surface area contributed by atoms with Crippen molar-refractivity contribution < 1.29 is 37.1 Å². The number of benzene rings is 3. The van der Waals surface area contributed by atoms with Crippen molar-refractivity contribution in [3.8, 4) is 5.75 Å². The highest BCUT2D eigenvalue weighted by molar-refractivity contribution is 6.31. The van der Waals surface area contributed by atoms with E-state index in [0.717, 1.165) is 25.9 Å². The summed E-state index contributed by atoms with van der Waals surface area (Å²) in [5.74, 6) is -3.54. The minimum absolute atomic E-state index is 0.0172. The molecule has 1 saturated heterocycles. The van der Waals surface area contributed by atoms with Gasteiger partial charge in [-0.25, -0.2) is 9.59 Å². The van der Waals surface area contributed by atoms with Crippen LogP contribution in [0.2, 0.25) is 10.0 Å². The lowest BCUT2D eigenvalue weighted by molar-refractivity contribution is -0.235. The molecule has 2 aliphatic heterocycles. The maximum Gasteiger partial charge on any atom is 0.497 e. The summed E-state index contributed by atoms with van der Waals surface area (Å²) in [6.07, 6.45) is -3.73. The monoisotopic (exact) mass is 636 g/mol. The number of quaternary nitrogens is 1. The van der Waals surface area contributed by atoms with E-state index >= 15 is 0 Å². The highest BCUT2D eigenvalue weighted by Crippen LogP contribution is 2.39. The van der Waals surface area contributed by atoms with Gasteiger partial charge in [0.1, 0.15) is 18.4 Å². The molecule has 8 nitrogen and oxygen atoms in total. The number of ether oxygens (including phenoxy) is 1. The van der Waals surface area contributed by atoms with E-state index in [4.69, 9.17) is 32.8 Å². The molecule has 0 radical (unpaired) electrons. The fourth-order valence-electron chi connectivity index (χ4n) is 5.13. The van der Waals surface area contributed by atoms with Crippen molar-refractivity contribution in [2.24, 2.45) is 0 Å². The van der Waals surface area contributed by atoms with Crippen molar-refractivity contribution in [3.05, 3.63) is 93.5 Å². The molecule has 5 rings (SSSR count). The van der Waals surface area contributed by atoms with Gasteiger partial charge in [-0.15, -0.1) is 0 Å². The number of hydrogen-bond donors (Lipinski definition) is 1. The van der Waals surface area contributed by atoms with Crippen LogP contribution >= 0.6 is 23.2 Å². The summed E-state index contributed by atoms with van der Waals surface area (Å²) < 4.78 is 45.4. The quantitative estimate of drug-likeness (QED) is 0.343. The first kappa shape index (κ1) is 30.8. The summed E-state index contributed by atoms with van der Waals surface area (Å²) in [7, 11) is 0. The van der Waals surface area contributed by atoms with Crippen LogP contribution in [0.5, 0.6) is 5.75 Å². The molecule has 1 N–H and O–H groups in total. The number of fused-ring (bicyclic) bond motifs is 1. The molecular weight excluding hydrogens is 610 g/mol. The highest BCUT2D eigenvalue weighted by atomic mass is 35.5. The first-order valence-corrected chi connectivity index (χ1v) is 14.2. The molecule has 2 amide bonds. The van der Waals surface area contributed by atoms with Crippen LogP contribution in [0.1, 0.15) is 34.3 Å². The zero-order chi connectivity index (χ0) is 30.8. The number of piperidine rings is 1. The molecular formula is C30H27Cl2F3N3O5+. The normalized spacial score (nSPS) is 19.4. The first-order chi connectivity index (χ1) is 20.4. The average molecular weight is 637 g/mol. The number of hydrogen-bond acceptors (Lipinski definition) is 6. The lowest BCUT2D eigenvalue weighted by Crippen LogP contribution is -2.58.